The van der Waals surface area contributed by atoms with Crippen LogP contribution in [0.1, 0.15) is 11.1 Å². The predicted molar refractivity (Wildman–Crippen MR) is 78.6 cm³/mol. The lowest BCUT2D eigenvalue weighted by molar-refractivity contribution is 0.624. The molecule has 3 N–H and O–H groups in total. The van der Waals surface area contributed by atoms with E-state index in [2.05, 4.69) is 4.98 Å². The molecule has 0 amide bonds. The number of hydrogen-bond acceptors (Lipinski definition) is 3. The van der Waals surface area contributed by atoms with Crippen LogP contribution in [-0.4, -0.2) is 24.4 Å². The van der Waals surface area contributed by atoms with E-state index in [0.29, 0.717) is 12.2 Å². The van der Waals surface area contributed by atoms with Gasteiger partial charge in [0, 0.05) is 26.0 Å². The minimum absolute atomic E-state index is 0.157. The van der Waals surface area contributed by atoms with E-state index in [1.807, 2.05) is 24.1 Å². The molecule has 4 nitrogen and oxygen atoms in total. The molecule has 0 aliphatic carbocycles. The number of anilines is 1. The molecule has 0 aliphatic heterocycles. The summed E-state index contributed by atoms with van der Waals surface area (Å²) in [7, 11) is 1.86. The number of halogens is 1. The molecule has 0 unspecified atom stereocenters. The van der Waals surface area contributed by atoms with Crippen molar-refractivity contribution in [3.05, 3.63) is 59.7 Å². The Morgan fingerprint density at radius 1 is 1.30 bits per heavy atom. The Bertz CT molecular complexity index is 598. The third kappa shape index (κ3) is 3.12. The zero-order valence-corrected chi connectivity index (χ0v) is 11.3. The summed E-state index contributed by atoms with van der Waals surface area (Å²) < 4.78 is 13.8. The molecule has 0 spiro atoms. The lowest BCUT2D eigenvalue weighted by atomic mass is 10.1. The van der Waals surface area contributed by atoms with Gasteiger partial charge in [-0.15, -0.1) is 0 Å². The average molecular weight is 272 g/mol. The van der Waals surface area contributed by atoms with Gasteiger partial charge >= 0.3 is 0 Å². The van der Waals surface area contributed by atoms with E-state index in [9.17, 15) is 4.39 Å². The predicted octanol–water partition coefficient (Wildman–Crippen LogP) is 2.18. The fraction of sp³-hybridized carbons (Fsp3) is 0.200. The molecule has 0 aliphatic rings. The van der Waals surface area contributed by atoms with Crippen LogP contribution in [0.25, 0.3) is 0 Å². The molecule has 0 radical (unpaired) electrons. The Morgan fingerprint density at radius 3 is 2.65 bits per heavy atom. The highest BCUT2D eigenvalue weighted by Crippen LogP contribution is 2.22. The third-order valence-corrected chi connectivity index (χ3v) is 3.16. The normalized spacial score (nSPS) is 10.3. The number of amidine groups is 1. The number of nitrogens with two attached hydrogens (primary N) is 1. The van der Waals surface area contributed by atoms with Crippen LogP contribution in [0, 0.1) is 11.2 Å². The zero-order chi connectivity index (χ0) is 14.5. The first kappa shape index (κ1) is 14.0. The highest BCUT2D eigenvalue weighted by molar-refractivity contribution is 6.00. The number of nitrogen functional groups attached to an aromatic ring is 1. The molecular formula is C15H17FN4. The third-order valence-electron chi connectivity index (χ3n) is 3.16. The lowest BCUT2D eigenvalue weighted by Crippen LogP contribution is -2.25. The first-order valence-corrected chi connectivity index (χ1v) is 6.32. The van der Waals surface area contributed by atoms with Crippen LogP contribution in [0.3, 0.4) is 0 Å². The largest absolute Gasteiger partial charge is 0.384 e. The number of rotatable bonds is 5. The maximum atomic E-state index is 13.8. The van der Waals surface area contributed by atoms with Crippen LogP contribution in [0.4, 0.5) is 10.1 Å². The Hall–Kier alpha value is -2.43. The van der Waals surface area contributed by atoms with E-state index in [1.165, 1.54) is 6.07 Å². The number of aromatic nitrogens is 1. The first-order chi connectivity index (χ1) is 9.59. The van der Waals surface area contributed by atoms with Gasteiger partial charge in [-0.3, -0.25) is 10.4 Å². The van der Waals surface area contributed by atoms with Gasteiger partial charge in [-0.1, -0.05) is 6.07 Å². The molecule has 2 aromatic rings. The fourth-order valence-corrected chi connectivity index (χ4v) is 2.06. The number of hydrogen-bond donors (Lipinski definition) is 2. The molecule has 104 valence electrons. The lowest BCUT2D eigenvalue weighted by Gasteiger charge is -2.22. The van der Waals surface area contributed by atoms with Gasteiger partial charge in [-0.05, 0) is 36.2 Å². The minimum atomic E-state index is -0.467. The van der Waals surface area contributed by atoms with Crippen molar-refractivity contribution < 1.29 is 4.39 Å². The van der Waals surface area contributed by atoms with E-state index >= 15 is 0 Å². The second kappa shape index (κ2) is 6.14. The number of benzene rings is 1. The van der Waals surface area contributed by atoms with Crippen LogP contribution in [0.2, 0.25) is 0 Å². The molecule has 1 heterocycles. The van der Waals surface area contributed by atoms with Crippen molar-refractivity contribution >= 4 is 11.5 Å². The van der Waals surface area contributed by atoms with Crippen LogP contribution in [0.5, 0.6) is 0 Å². The van der Waals surface area contributed by atoms with Gasteiger partial charge in [0.05, 0.1) is 11.3 Å². The number of nitrogens with one attached hydrogen (secondary N) is 1. The highest BCUT2D eigenvalue weighted by Gasteiger charge is 2.14. The van der Waals surface area contributed by atoms with Crippen LogP contribution in [-0.2, 0) is 6.42 Å². The second-order valence-electron chi connectivity index (χ2n) is 4.57. The Morgan fingerprint density at radius 2 is 2.00 bits per heavy atom. The monoisotopic (exact) mass is 272 g/mol. The number of likely N-dealkylation sites (N-methyl/N-ethyl adjacent to an activating group) is 1. The standard InChI is InChI=1S/C15H17FN4/c1-20(10-7-11-5-8-19-9-6-11)13-4-2-3-12(16)14(13)15(17)18/h2-6,8-9H,7,10H2,1H3,(H3,17,18). The van der Waals surface area contributed by atoms with Gasteiger partial charge < -0.3 is 10.6 Å². The summed E-state index contributed by atoms with van der Waals surface area (Å²) in [5.41, 5.74) is 7.42. The van der Waals surface area contributed by atoms with E-state index in [1.54, 1.807) is 24.5 Å². The van der Waals surface area contributed by atoms with Crippen molar-refractivity contribution in [2.45, 2.75) is 6.42 Å². The van der Waals surface area contributed by atoms with Crippen LogP contribution in [0.15, 0.2) is 42.7 Å². The van der Waals surface area contributed by atoms with Gasteiger partial charge in [0.25, 0.3) is 0 Å². The summed E-state index contributed by atoms with van der Waals surface area (Å²) in [6.07, 6.45) is 4.31. The van der Waals surface area contributed by atoms with Gasteiger partial charge in [0.1, 0.15) is 11.7 Å². The first-order valence-electron chi connectivity index (χ1n) is 6.32. The average Bonchev–Trinajstić information content (AvgIpc) is 2.45. The Kier molecular flexibility index (Phi) is 4.30. The summed E-state index contributed by atoms with van der Waals surface area (Å²) in [5.74, 6) is -0.723. The molecule has 0 atom stereocenters. The zero-order valence-electron chi connectivity index (χ0n) is 11.3. The summed E-state index contributed by atoms with van der Waals surface area (Å²) in [4.78, 5) is 5.87. The Balaban J connectivity index is 2.15. The van der Waals surface area contributed by atoms with Crippen LogP contribution < -0.4 is 10.6 Å². The second-order valence-corrected chi connectivity index (χ2v) is 4.57. The molecule has 2 rings (SSSR count). The van der Waals surface area contributed by atoms with Gasteiger partial charge in [-0.25, -0.2) is 4.39 Å². The molecule has 1 aromatic carbocycles. The quantitative estimate of drug-likeness (QED) is 0.647. The van der Waals surface area contributed by atoms with E-state index in [-0.39, 0.29) is 11.4 Å². The van der Waals surface area contributed by atoms with Gasteiger partial charge in [0.2, 0.25) is 0 Å². The molecule has 0 saturated carbocycles. The van der Waals surface area contributed by atoms with Crippen LogP contribution >= 0.6 is 0 Å². The summed E-state index contributed by atoms with van der Waals surface area (Å²) >= 11 is 0. The van der Waals surface area contributed by atoms with E-state index < -0.39 is 5.82 Å². The number of pyridine rings is 1. The Labute approximate surface area is 117 Å². The van der Waals surface area contributed by atoms with E-state index in [0.717, 1.165) is 12.0 Å². The van der Waals surface area contributed by atoms with Crippen molar-refractivity contribution in [2.24, 2.45) is 5.73 Å². The molecule has 0 fully saturated rings. The van der Waals surface area contributed by atoms with E-state index in [4.69, 9.17) is 11.1 Å². The van der Waals surface area contributed by atoms with Crippen molar-refractivity contribution in [1.82, 2.24) is 4.98 Å². The molecule has 5 heteroatoms. The SMILES string of the molecule is CN(CCc1ccncc1)c1cccc(F)c1C(=N)N. The summed E-state index contributed by atoms with van der Waals surface area (Å²) in [5, 5.41) is 7.51. The molecule has 0 bridgehead atoms. The fourth-order valence-electron chi connectivity index (χ4n) is 2.06. The maximum Gasteiger partial charge on any atom is 0.136 e. The van der Waals surface area contributed by atoms with Gasteiger partial charge in [0.15, 0.2) is 0 Å². The summed E-state index contributed by atoms with van der Waals surface area (Å²) in [6.45, 7) is 0.702. The van der Waals surface area contributed by atoms with Crippen molar-refractivity contribution in [3.8, 4) is 0 Å². The van der Waals surface area contributed by atoms with Crippen molar-refractivity contribution in [2.75, 3.05) is 18.5 Å². The molecule has 1 aromatic heterocycles. The van der Waals surface area contributed by atoms with Crippen molar-refractivity contribution in [1.29, 1.82) is 5.41 Å². The van der Waals surface area contributed by atoms with Crippen molar-refractivity contribution in [3.63, 3.8) is 0 Å². The molecular weight excluding hydrogens is 255 g/mol. The highest BCUT2D eigenvalue weighted by atomic mass is 19.1. The molecule has 0 saturated heterocycles. The topological polar surface area (TPSA) is 66.0 Å². The smallest absolute Gasteiger partial charge is 0.136 e. The van der Waals surface area contributed by atoms with Gasteiger partial charge in [-0.2, -0.15) is 0 Å². The molecule has 20 heavy (non-hydrogen) atoms. The minimum Gasteiger partial charge on any atom is -0.384 e. The number of nitrogens with zero attached hydrogens (tertiary/aromatic N) is 2. The summed E-state index contributed by atoms with van der Waals surface area (Å²) in [6, 6.07) is 8.61. The maximum absolute atomic E-state index is 13.8.